The van der Waals surface area contributed by atoms with Crippen LogP contribution >= 0.6 is 15.9 Å². The average molecular weight is 422 g/mol. The Labute approximate surface area is 167 Å². The third-order valence-electron chi connectivity index (χ3n) is 7.04. The smallest absolute Gasteiger partial charge is 0.128 e. The van der Waals surface area contributed by atoms with E-state index in [0.29, 0.717) is 23.7 Å². The first-order valence-electron chi connectivity index (χ1n) is 9.90. The number of hydrogen-bond donors (Lipinski definition) is 0. The standard InChI is InChI=1S/C24H21BrFN/c25-15-11-20-16-7-3-5-14(16)13-27-23(19-6-1-2-10-22(19)26)18-9-4-8-17(18)21(12-15)24(20)27/h1-4,6-8,10-12,14,16-18,23H,5,9,13H2. The Morgan fingerprint density at radius 1 is 0.926 bits per heavy atom. The topological polar surface area (TPSA) is 3.24 Å². The lowest BCUT2D eigenvalue weighted by Gasteiger charge is -2.51. The fourth-order valence-corrected chi connectivity index (χ4v) is 6.50. The van der Waals surface area contributed by atoms with Gasteiger partial charge in [0.25, 0.3) is 0 Å². The molecule has 0 N–H and O–H groups in total. The lowest BCUT2D eigenvalue weighted by molar-refractivity contribution is 0.328. The Morgan fingerprint density at radius 3 is 2.52 bits per heavy atom. The van der Waals surface area contributed by atoms with Gasteiger partial charge in [-0.1, -0.05) is 58.4 Å². The number of benzene rings is 2. The summed E-state index contributed by atoms with van der Waals surface area (Å²) in [7, 11) is 0. The molecule has 2 heterocycles. The van der Waals surface area contributed by atoms with E-state index in [0.717, 1.165) is 24.9 Å². The molecule has 0 amide bonds. The van der Waals surface area contributed by atoms with Gasteiger partial charge in [0, 0.05) is 34.1 Å². The Balaban J connectivity index is 1.61. The monoisotopic (exact) mass is 421 g/mol. The Kier molecular flexibility index (Phi) is 3.47. The largest absolute Gasteiger partial charge is 0.363 e. The van der Waals surface area contributed by atoms with Crippen molar-refractivity contribution in [2.75, 3.05) is 11.4 Å². The van der Waals surface area contributed by atoms with E-state index in [2.05, 4.69) is 57.3 Å². The van der Waals surface area contributed by atoms with Gasteiger partial charge in [0.15, 0.2) is 0 Å². The van der Waals surface area contributed by atoms with Crippen LogP contribution < -0.4 is 4.90 Å². The zero-order valence-corrected chi connectivity index (χ0v) is 16.6. The minimum absolute atomic E-state index is 0.0677. The van der Waals surface area contributed by atoms with Crippen molar-refractivity contribution >= 4 is 21.6 Å². The minimum atomic E-state index is -0.0677. The van der Waals surface area contributed by atoms with Gasteiger partial charge in [0.05, 0.1) is 6.04 Å². The molecule has 2 aliphatic carbocycles. The number of halogens is 2. The molecular weight excluding hydrogens is 401 g/mol. The zero-order chi connectivity index (χ0) is 18.1. The molecule has 0 saturated carbocycles. The van der Waals surface area contributed by atoms with Crippen molar-refractivity contribution in [3.05, 3.63) is 87.7 Å². The number of fused-ring (bicyclic) bond motifs is 4. The first kappa shape index (κ1) is 16.1. The van der Waals surface area contributed by atoms with E-state index < -0.39 is 0 Å². The Morgan fingerprint density at radius 2 is 1.67 bits per heavy atom. The van der Waals surface area contributed by atoms with Crippen LogP contribution in [0.3, 0.4) is 0 Å². The molecule has 2 aromatic carbocycles. The molecule has 5 unspecified atom stereocenters. The van der Waals surface area contributed by atoms with E-state index in [1.165, 1.54) is 21.3 Å². The quantitative estimate of drug-likeness (QED) is 0.476. The highest BCUT2D eigenvalue weighted by Gasteiger charge is 2.48. The van der Waals surface area contributed by atoms with Gasteiger partial charge in [0.2, 0.25) is 0 Å². The third kappa shape index (κ3) is 2.21. The van der Waals surface area contributed by atoms with Crippen LogP contribution in [0.2, 0.25) is 0 Å². The van der Waals surface area contributed by atoms with Crippen LogP contribution in [-0.2, 0) is 0 Å². The lowest BCUT2D eigenvalue weighted by Crippen LogP contribution is -2.46. The van der Waals surface area contributed by atoms with Gasteiger partial charge in [-0.2, -0.15) is 0 Å². The molecule has 5 atom stereocenters. The number of anilines is 1. The van der Waals surface area contributed by atoms with Crippen molar-refractivity contribution in [1.82, 2.24) is 0 Å². The highest BCUT2D eigenvalue weighted by Crippen LogP contribution is 2.59. The van der Waals surface area contributed by atoms with Gasteiger partial charge < -0.3 is 4.90 Å². The second-order valence-electron chi connectivity index (χ2n) is 8.35. The van der Waals surface area contributed by atoms with Crippen LogP contribution in [-0.4, -0.2) is 6.54 Å². The average Bonchev–Trinajstić information content (AvgIpc) is 3.32. The second kappa shape index (κ2) is 5.81. The van der Waals surface area contributed by atoms with Crippen molar-refractivity contribution in [2.45, 2.75) is 30.7 Å². The molecule has 27 heavy (non-hydrogen) atoms. The summed E-state index contributed by atoms with van der Waals surface area (Å²) in [5.74, 6) is 1.80. The highest BCUT2D eigenvalue weighted by atomic mass is 79.9. The SMILES string of the molecule is Fc1ccccc1C1C2CC=CC2c2cc(Br)cc3c2N1CC1CC=CC31. The summed E-state index contributed by atoms with van der Waals surface area (Å²) < 4.78 is 16.1. The van der Waals surface area contributed by atoms with Crippen LogP contribution in [0.25, 0.3) is 0 Å². The normalized spacial score (nSPS) is 32.4. The van der Waals surface area contributed by atoms with Gasteiger partial charge >= 0.3 is 0 Å². The summed E-state index contributed by atoms with van der Waals surface area (Å²) in [4.78, 5) is 2.55. The summed E-state index contributed by atoms with van der Waals surface area (Å²) >= 11 is 3.77. The third-order valence-corrected chi connectivity index (χ3v) is 7.50. The Bertz CT molecular complexity index is 977. The molecule has 2 aromatic rings. The minimum Gasteiger partial charge on any atom is -0.363 e. The Hall–Kier alpha value is -1.87. The molecule has 4 aliphatic rings. The maximum Gasteiger partial charge on any atom is 0.128 e. The van der Waals surface area contributed by atoms with E-state index in [9.17, 15) is 4.39 Å². The number of allylic oxidation sites excluding steroid dienone is 4. The second-order valence-corrected chi connectivity index (χ2v) is 9.27. The van der Waals surface area contributed by atoms with Gasteiger partial charge in [-0.3, -0.25) is 0 Å². The molecule has 2 aliphatic heterocycles. The van der Waals surface area contributed by atoms with Gasteiger partial charge in [-0.25, -0.2) is 4.39 Å². The van der Waals surface area contributed by atoms with Crippen LogP contribution in [0.5, 0.6) is 0 Å². The van der Waals surface area contributed by atoms with E-state index in [-0.39, 0.29) is 11.9 Å². The maximum absolute atomic E-state index is 14.9. The van der Waals surface area contributed by atoms with E-state index in [1.807, 2.05) is 12.1 Å². The van der Waals surface area contributed by atoms with Crippen molar-refractivity contribution in [2.24, 2.45) is 11.8 Å². The van der Waals surface area contributed by atoms with Crippen LogP contribution in [0.4, 0.5) is 10.1 Å². The molecule has 1 nitrogen and oxygen atoms in total. The first-order valence-corrected chi connectivity index (χ1v) is 10.7. The van der Waals surface area contributed by atoms with Crippen molar-refractivity contribution in [1.29, 1.82) is 0 Å². The highest BCUT2D eigenvalue weighted by molar-refractivity contribution is 9.10. The van der Waals surface area contributed by atoms with E-state index >= 15 is 0 Å². The molecule has 3 heteroatoms. The van der Waals surface area contributed by atoms with Crippen LogP contribution in [0, 0.1) is 17.7 Å². The number of nitrogens with zero attached hydrogens (tertiary/aromatic N) is 1. The summed E-state index contributed by atoms with van der Waals surface area (Å²) in [6, 6.07) is 12.1. The summed E-state index contributed by atoms with van der Waals surface area (Å²) in [5, 5.41) is 0. The first-order chi connectivity index (χ1) is 13.2. The van der Waals surface area contributed by atoms with Crippen molar-refractivity contribution in [3.63, 3.8) is 0 Å². The van der Waals surface area contributed by atoms with Gasteiger partial charge in [0.1, 0.15) is 5.82 Å². The lowest BCUT2D eigenvalue weighted by atomic mass is 9.70. The van der Waals surface area contributed by atoms with Crippen molar-refractivity contribution < 1.29 is 4.39 Å². The maximum atomic E-state index is 14.9. The van der Waals surface area contributed by atoms with Crippen LogP contribution in [0.15, 0.2) is 65.2 Å². The van der Waals surface area contributed by atoms with Crippen molar-refractivity contribution in [3.8, 4) is 0 Å². The molecule has 0 aromatic heterocycles. The predicted octanol–water partition coefficient (Wildman–Crippen LogP) is 6.48. The molecule has 0 bridgehead atoms. The van der Waals surface area contributed by atoms with Crippen LogP contribution in [0.1, 0.15) is 47.4 Å². The molecule has 0 fully saturated rings. The fraction of sp³-hybridized carbons (Fsp3) is 0.333. The summed E-state index contributed by atoms with van der Waals surface area (Å²) in [6.45, 7) is 1.02. The predicted molar refractivity (Wildman–Crippen MR) is 111 cm³/mol. The summed E-state index contributed by atoms with van der Waals surface area (Å²) in [6.07, 6.45) is 11.5. The fourth-order valence-electron chi connectivity index (χ4n) is 6.00. The molecule has 0 spiro atoms. The molecule has 0 saturated heterocycles. The zero-order valence-electron chi connectivity index (χ0n) is 15.0. The van der Waals surface area contributed by atoms with Gasteiger partial charge in [-0.05, 0) is 54.0 Å². The summed E-state index contributed by atoms with van der Waals surface area (Å²) in [5.41, 5.74) is 5.07. The van der Waals surface area contributed by atoms with E-state index in [1.54, 1.807) is 12.1 Å². The molecule has 0 radical (unpaired) electrons. The number of hydrogen-bond acceptors (Lipinski definition) is 1. The molecule has 6 rings (SSSR count). The molecule has 136 valence electrons. The molecular formula is C24H21BrFN. The number of rotatable bonds is 1. The van der Waals surface area contributed by atoms with E-state index in [4.69, 9.17) is 0 Å². The van der Waals surface area contributed by atoms with Gasteiger partial charge in [-0.15, -0.1) is 0 Å².